The molecular formula is C17H28N2O4S. The highest BCUT2D eigenvalue weighted by Gasteiger charge is 2.42. The SMILES string of the molecule is CC(NC(=O)CC1CCCCC1)C(=O)NC1(C(=O)O)CCSCC1. The predicted octanol–water partition coefficient (Wildman–Crippen LogP) is 1.93. The van der Waals surface area contributed by atoms with Crippen molar-refractivity contribution in [2.45, 2.75) is 69.9 Å². The molecule has 0 radical (unpaired) electrons. The van der Waals surface area contributed by atoms with E-state index in [2.05, 4.69) is 10.6 Å². The van der Waals surface area contributed by atoms with Crippen molar-refractivity contribution < 1.29 is 19.5 Å². The Kier molecular flexibility index (Phi) is 6.95. The van der Waals surface area contributed by atoms with Gasteiger partial charge >= 0.3 is 5.97 Å². The van der Waals surface area contributed by atoms with Gasteiger partial charge in [0.05, 0.1) is 0 Å². The van der Waals surface area contributed by atoms with E-state index < -0.39 is 23.5 Å². The molecule has 6 nitrogen and oxygen atoms in total. The van der Waals surface area contributed by atoms with E-state index in [9.17, 15) is 19.5 Å². The van der Waals surface area contributed by atoms with Gasteiger partial charge in [0.25, 0.3) is 0 Å². The monoisotopic (exact) mass is 356 g/mol. The summed E-state index contributed by atoms with van der Waals surface area (Å²) >= 11 is 1.70. The third-order valence-electron chi connectivity index (χ3n) is 5.09. The highest BCUT2D eigenvalue weighted by atomic mass is 32.2. The van der Waals surface area contributed by atoms with Crippen LogP contribution in [0, 0.1) is 5.92 Å². The van der Waals surface area contributed by atoms with E-state index in [1.165, 1.54) is 19.3 Å². The molecule has 0 bridgehead atoms. The van der Waals surface area contributed by atoms with Crippen molar-refractivity contribution in [1.82, 2.24) is 10.6 Å². The van der Waals surface area contributed by atoms with Gasteiger partial charge in [-0.2, -0.15) is 11.8 Å². The maximum atomic E-state index is 12.4. The average Bonchev–Trinajstić information content (AvgIpc) is 2.56. The highest BCUT2D eigenvalue weighted by molar-refractivity contribution is 7.99. The first kappa shape index (κ1) is 19.1. The summed E-state index contributed by atoms with van der Waals surface area (Å²) in [6, 6.07) is -0.716. The second kappa shape index (κ2) is 8.74. The van der Waals surface area contributed by atoms with Crippen LogP contribution < -0.4 is 10.6 Å². The topological polar surface area (TPSA) is 95.5 Å². The van der Waals surface area contributed by atoms with Gasteiger partial charge in [0, 0.05) is 6.42 Å². The fraction of sp³-hybridized carbons (Fsp3) is 0.824. The lowest BCUT2D eigenvalue weighted by molar-refractivity contribution is -0.148. The van der Waals surface area contributed by atoms with Crippen molar-refractivity contribution in [2.75, 3.05) is 11.5 Å². The Morgan fingerprint density at radius 1 is 1.17 bits per heavy atom. The summed E-state index contributed by atoms with van der Waals surface area (Å²) in [5.74, 6) is 0.324. The zero-order chi connectivity index (χ0) is 17.6. The van der Waals surface area contributed by atoms with E-state index >= 15 is 0 Å². The molecule has 0 aromatic rings. The molecule has 1 saturated carbocycles. The largest absolute Gasteiger partial charge is 0.480 e. The number of carbonyl (C=O) groups is 3. The predicted molar refractivity (Wildman–Crippen MR) is 93.9 cm³/mol. The number of nitrogens with one attached hydrogen (secondary N) is 2. The second-order valence-electron chi connectivity index (χ2n) is 6.99. The van der Waals surface area contributed by atoms with Gasteiger partial charge in [-0.15, -0.1) is 0 Å². The molecule has 2 fully saturated rings. The van der Waals surface area contributed by atoms with E-state index in [0.29, 0.717) is 25.2 Å². The molecule has 1 heterocycles. The van der Waals surface area contributed by atoms with Crippen LogP contribution in [-0.2, 0) is 14.4 Å². The molecule has 1 saturated heterocycles. The Morgan fingerprint density at radius 3 is 2.38 bits per heavy atom. The van der Waals surface area contributed by atoms with E-state index in [1.807, 2.05) is 0 Å². The normalized spacial score (nSPS) is 22.4. The number of hydrogen-bond acceptors (Lipinski definition) is 4. The minimum atomic E-state index is -1.19. The molecule has 136 valence electrons. The molecule has 1 atom stereocenters. The van der Waals surface area contributed by atoms with Gasteiger partial charge in [-0.3, -0.25) is 9.59 Å². The summed E-state index contributed by atoms with van der Waals surface area (Å²) in [5, 5.41) is 14.9. The van der Waals surface area contributed by atoms with Crippen molar-refractivity contribution in [1.29, 1.82) is 0 Å². The number of rotatable bonds is 6. The van der Waals surface area contributed by atoms with Gasteiger partial charge in [0.2, 0.25) is 11.8 Å². The van der Waals surface area contributed by atoms with Crippen LogP contribution >= 0.6 is 11.8 Å². The number of aliphatic carboxylic acids is 1. The minimum Gasteiger partial charge on any atom is -0.480 e. The lowest BCUT2D eigenvalue weighted by Gasteiger charge is -2.34. The minimum absolute atomic E-state index is 0.117. The quantitative estimate of drug-likeness (QED) is 0.676. The first-order chi connectivity index (χ1) is 11.4. The average molecular weight is 356 g/mol. The molecule has 24 heavy (non-hydrogen) atoms. The van der Waals surface area contributed by atoms with E-state index in [1.54, 1.807) is 18.7 Å². The van der Waals surface area contributed by atoms with Crippen LogP contribution in [-0.4, -0.2) is 46.0 Å². The molecule has 2 amide bonds. The number of amides is 2. The molecule has 2 aliphatic rings. The Morgan fingerprint density at radius 2 is 1.79 bits per heavy atom. The Labute approximate surface area is 147 Å². The van der Waals surface area contributed by atoms with Crippen LogP contribution in [0.15, 0.2) is 0 Å². The molecule has 1 aliphatic heterocycles. The van der Waals surface area contributed by atoms with E-state index in [0.717, 1.165) is 24.3 Å². The summed E-state index contributed by atoms with van der Waals surface area (Å²) in [6.45, 7) is 1.61. The third-order valence-corrected chi connectivity index (χ3v) is 6.07. The molecule has 1 aliphatic carbocycles. The van der Waals surface area contributed by atoms with Gasteiger partial charge < -0.3 is 15.7 Å². The molecule has 0 aromatic heterocycles. The number of thioether (sulfide) groups is 1. The third kappa shape index (κ3) is 5.13. The number of carboxylic acid groups (broad SMARTS) is 1. The smallest absolute Gasteiger partial charge is 0.329 e. The zero-order valence-electron chi connectivity index (χ0n) is 14.3. The Hall–Kier alpha value is -1.24. The van der Waals surface area contributed by atoms with Gasteiger partial charge in [0.1, 0.15) is 11.6 Å². The lowest BCUT2D eigenvalue weighted by Crippen LogP contribution is -2.60. The van der Waals surface area contributed by atoms with E-state index in [-0.39, 0.29) is 5.91 Å². The first-order valence-corrected chi connectivity index (χ1v) is 10.0. The van der Waals surface area contributed by atoms with Crippen LogP contribution in [0.1, 0.15) is 58.3 Å². The van der Waals surface area contributed by atoms with Crippen molar-refractivity contribution in [3.63, 3.8) is 0 Å². The molecule has 3 N–H and O–H groups in total. The summed E-state index contributed by atoms with van der Waals surface area (Å²) in [4.78, 5) is 36.1. The van der Waals surface area contributed by atoms with Crippen molar-refractivity contribution in [3.05, 3.63) is 0 Å². The molecule has 0 spiro atoms. The fourth-order valence-electron chi connectivity index (χ4n) is 3.48. The number of carboxylic acids is 1. The maximum absolute atomic E-state index is 12.4. The van der Waals surface area contributed by atoms with Crippen LogP contribution in [0.2, 0.25) is 0 Å². The molecule has 7 heteroatoms. The second-order valence-corrected chi connectivity index (χ2v) is 8.21. The maximum Gasteiger partial charge on any atom is 0.329 e. The van der Waals surface area contributed by atoms with Crippen molar-refractivity contribution in [2.24, 2.45) is 5.92 Å². The highest BCUT2D eigenvalue weighted by Crippen LogP contribution is 2.28. The Bertz CT molecular complexity index is 471. The van der Waals surface area contributed by atoms with Crippen LogP contribution in [0.3, 0.4) is 0 Å². The number of hydrogen-bond donors (Lipinski definition) is 3. The Balaban J connectivity index is 1.84. The fourth-order valence-corrected chi connectivity index (χ4v) is 4.67. The first-order valence-electron chi connectivity index (χ1n) is 8.85. The molecule has 0 aromatic carbocycles. The van der Waals surface area contributed by atoms with Gasteiger partial charge in [-0.1, -0.05) is 19.3 Å². The number of carbonyl (C=O) groups excluding carboxylic acids is 2. The molecular weight excluding hydrogens is 328 g/mol. The van der Waals surface area contributed by atoms with Crippen molar-refractivity contribution in [3.8, 4) is 0 Å². The van der Waals surface area contributed by atoms with Gasteiger partial charge in [-0.25, -0.2) is 4.79 Å². The van der Waals surface area contributed by atoms with Crippen LogP contribution in [0.4, 0.5) is 0 Å². The lowest BCUT2D eigenvalue weighted by atomic mass is 9.87. The summed E-state index contributed by atoms with van der Waals surface area (Å²) in [6.07, 6.45) is 7.04. The zero-order valence-corrected chi connectivity index (χ0v) is 15.1. The molecule has 1 unspecified atom stereocenters. The van der Waals surface area contributed by atoms with Gasteiger partial charge in [0.15, 0.2) is 0 Å². The summed E-state index contributed by atoms with van der Waals surface area (Å²) < 4.78 is 0. The van der Waals surface area contributed by atoms with Crippen LogP contribution in [0.5, 0.6) is 0 Å². The summed E-state index contributed by atoms with van der Waals surface area (Å²) in [7, 11) is 0. The van der Waals surface area contributed by atoms with Crippen molar-refractivity contribution >= 4 is 29.5 Å². The van der Waals surface area contributed by atoms with E-state index in [4.69, 9.17) is 0 Å². The van der Waals surface area contributed by atoms with Gasteiger partial charge in [-0.05, 0) is 50.0 Å². The van der Waals surface area contributed by atoms with Crippen LogP contribution in [0.25, 0.3) is 0 Å². The molecule has 2 rings (SSSR count). The standard InChI is InChI=1S/C17H28N2O4S/c1-12(18-14(20)11-13-5-3-2-4-6-13)15(21)19-17(16(22)23)7-9-24-10-8-17/h12-13H,2-11H2,1H3,(H,18,20)(H,19,21)(H,22,23). The summed E-state index contributed by atoms with van der Waals surface area (Å²) in [5.41, 5.74) is -1.19.